The van der Waals surface area contributed by atoms with E-state index in [2.05, 4.69) is 0 Å². The van der Waals surface area contributed by atoms with Gasteiger partial charge in [-0.1, -0.05) is 13.8 Å². The summed E-state index contributed by atoms with van der Waals surface area (Å²) in [6.45, 7) is 2.58. The smallest absolute Gasteiger partial charge is 0.419 e. The van der Waals surface area contributed by atoms with Crippen LogP contribution in [0.25, 0.3) is 0 Å². The SMILES string of the molecule is CC(C(=O)O)C(C)C(=O)c1ccc(F)c(C(F)(F)F)c1. The molecule has 1 aromatic rings. The topological polar surface area (TPSA) is 54.4 Å². The molecule has 110 valence electrons. The molecule has 0 fully saturated rings. The second-order valence-corrected chi connectivity index (χ2v) is 4.47. The van der Waals surface area contributed by atoms with E-state index in [1.807, 2.05) is 0 Å². The summed E-state index contributed by atoms with van der Waals surface area (Å²) in [5.74, 6) is -5.55. The lowest BCUT2D eigenvalue weighted by molar-refractivity contribution is -0.142. The summed E-state index contributed by atoms with van der Waals surface area (Å²) in [6.07, 6.45) is -4.91. The Bertz CT molecular complexity index is 537. The minimum absolute atomic E-state index is 0.362. The number of carboxylic acids is 1. The molecule has 1 rings (SSSR count). The van der Waals surface area contributed by atoms with Crippen LogP contribution in [0.15, 0.2) is 18.2 Å². The number of carboxylic acid groups (broad SMARTS) is 1. The van der Waals surface area contributed by atoms with Gasteiger partial charge in [0.2, 0.25) is 0 Å². The van der Waals surface area contributed by atoms with Gasteiger partial charge in [0, 0.05) is 11.5 Å². The van der Waals surface area contributed by atoms with Gasteiger partial charge in [0.05, 0.1) is 11.5 Å². The molecule has 2 unspecified atom stereocenters. The predicted octanol–water partition coefficient (Wildman–Crippen LogP) is 3.38. The minimum atomic E-state index is -4.91. The van der Waals surface area contributed by atoms with E-state index in [4.69, 9.17) is 5.11 Å². The van der Waals surface area contributed by atoms with Crippen LogP contribution in [0.2, 0.25) is 0 Å². The molecule has 0 aromatic heterocycles. The van der Waals surface area contributed by atoms with E-state index in [9.17, 15) is 27.2 Å². The first-order valence-electron chi connectivity index (χ1n) is 5.69. The summed E-state index contributed by atoms with van der Waals surface area (Å²) in [5.41, 5.74) is -1.90. The fraction of sp³-hybridized carbons (Fsp3) is 0.385. The maximum Gasteiger partial charge on any atom is 0.419 e. The normalized spacial score (nSPS) is 14.7. The van der Waals surface area contributed by atoms with Crippen molar-refractivity contribution in [1.29, 1.82) is 0 Å². The van der Waals surface area contributed by atoms with E-state index in [1.165, 1.54) is 13.8 Å². The van der Waals surface area contributed by atoms with E-state index >= 15 is 0 Å². The number of carbonyl (C=O) groups is 2. The maximum absolute atomic E-state index is 13.1. The zero-order valence-electron chi connectivity index (χ0n) is 10.7. The van der Waals surface area contributed by atoms with Crippen molar-refractivity contribution < 1.29 is 32.3 Å². The van der Waals surface area contributed by atoms with Crippen molar-refractivity contribution >= 4 is 11.8 Å². The largest absolute Gasteiger partial charge is 0.481 e. The standard InChI is InChI=1S/C13H12F4O3/c1-6(7(2)12(19)20)11(18)8-3-4-10(14)9(5-8)13(15,16)17/h3-7H,1-2H3,(H,19,20). The second-order valence-electron chi connectivity index (χ2n) is 4.47. The monoisotopic (exact) mass is 292 g/mol. The lowest BCUT2D eigenvalue weighted by Gasteiger charge is -2.16. The number of carbonyl (C=O) groups excluding carboxylic acids is 1. The van der Waals surface area contributed by atoms with E-state index in [0.717, 1.165) is 6.07 Å². The molecule has 20 heavy (non-hydrogen) atoms. The molecule has 0 amide bonds. The third-order valence-electron chi connectivity index (χ3n) is 3.11. The Kier molecular flexibility index (Phi) is 4.52. The van der Waals surface area contributed by atoms with Crippen molar-refractivity contribution in [2.24, 2.45) is 11.8 Å². The van der Waals surface area contributed by atoms with Crippen LogP contribution in [-0.2, 0) is 11.0 Å². The number of ketones is 1. The molecule has 0 aliphatic rings. The molecule has 3 nitrogen and oxygen atoms in total. The molecule has 1 aromatic carbocycles. The molecule has 0 heterocycles. The highest BCUT2D eigenvalue weighted by molar-refractivity contribution is 5.99. The molecular formula is C13H12F4O3. The Hall–Kier alpha value is -1.92. The average Bonchev–Trinajstić information content (AvgIpc) is 2.35. The zero-order chi connectivity index (χ0) is 15.7. The molecule has 0 bridgehead atoms. The van der Waals surface area contributed by atoms with Gasteiger partial charge in [0.25, 0.3) is 0 Å². The number of halogens is 4. The highest BCUT2D eigenvalue weighted by atomic mass is 19.4. The highest BCUT2D eigenvalue weighted by Gasteiger charge is 2.35. The molecule has 0 aliphatic heterocycles. The molecule has 0 saturated heterocycles. The van der Waals surface area contributed by atoms with Gasteiger partial charge in [-0.05, 0) is 18.2 Å². The van der Waals surface area contributed by atoms with Crippen molar-refractivity contribution in [3.05, 3.63) is 35.1 Å². The van der Waals surface area contributed by atoms with Crippen LogP contribution in [-0.4, -0.2) is 16.9 Å². The van der Waals surface area contributed by atoms with Crippen molar-refractivity contribution in [2.45, 2.75) is 20.0 Å². The number of rotatable bonds is 4. The number of hydrogen-bond acceptors (Lipinski definition) is 2. The van der Waals surface area contributed by atoms with E-state index in [1.54, 1.807) is 0 Å². The van der Waals surface area contributed by atoms with Gasteiger partial charge in [-0.15, -0.1) is 0 Å². The minimum Gasteiger partial charge on any atom is -0.481 e. The number of Topliss-reactive ketones (excluding diaryl/α,β-unsaturated/α-hetero) is 1. The third kappa shape index (κ3) is 3.34. The summed E-state index contributed by atoms with van der Waals surface area (Å²) in [5, 5.41) is 8.78. The van der Waals surface area contributed by atoms with Gasteiger partial charge in [0.15, 0.2) is 5.78 Å². The molecular weight excluding hydrogens is 280 g/mol. The van der Waals surface area contributed by atoms with Gasteiger partial charge in [-0.2, -0.15) is 13.2 Å². The van der Waals surface area contributed by atoms with Crippen LogP contribution < -0.4 is 0 Å². The quantitative estimate of drug-likeness (QED) is 0.683. The van der Waals surface area contributed by atoms with Gasteiger partial charge in [0.1, 0.15) is 5.82 Å². The van der Waals surface area contributed by atoms with E-state index in [0.29, 0.717) is 12.1 Å². The first-order valence-corrected chi connectivity index (χ1v) is 5.69. The molecule has 0 aliphatic carbocycles. The van der Waals surface area contributed by atoms with Gasteiger partial charge in [-0.25, -0.2) is 4.39 Å². The summed E-state index contributed by atoms with van der Waals surface area (Å²) >= 11 is 0. The van der Waals surface area contributed by atoms with Gasteiger partial charge >= 0.3 is 12.1 Å². The summed E-state index contributed by atoms with van der Waals surface area (Å²) in [4.78, 5) is 22.7. The van der Waals surface area contributed by atoms with Crippen LogP contribution in [0.5, 0.6) is 0 Å². The average molecular weight is 292 g/mol. The third-order valence-corrected chi connectivity index (χ3v) is 3.11. The molecule has 2 atom stereocenters. The zero-order valence-corrected chi connectivity index (χ0v) is 10.7. The number of aliphatic carboxylic acids is 1. The maximum atomic E-state index is 13.1. The fourth-order valence-corrected chi connectivity index (χ4v) is 1.60. The lowest BCUT2D eigenvalue weighted by Crippen LogP contribution is -2.25. The Morgan fingerprint density at radius 2 is 1.70 bits per heavy atom. The van der Waals surface area contributed by atoms with Crippen molar-refractivity contribution in [2.75, 3.05) is 0 Å². The van der Waals surface area contributed by atoms with E-state index in [-0.39, 0.29) is 5.56 Å². The molecule has 1 N–H and O–H groups in total. The Balaban J connectivity index is 3.15. The Labute approximate surface area is 112 Å². The van der Waals surface area contributed by atoms with Crippen LogP contribution in [0.3, 0.4) is 0 Å². The van der Waals surface area contributed by atoms with Crippen LogP contribution in [0.1, 0.15) is 29.8 Å². The first-order chi connectivity index (χ1) is 9.05. The Morgan fingerprint density at radius 1 is 1.15 bits per heavy atom. The summed E-state index contributed by atoms with van der Waals surface area (Å²) < 4.78 is 50.7. The van der Waals surface area contributed by atoms with Gasteiger partial charge < -0.3 is 5.11 Å². The van der Waals surface area contributed by atoms with Crippen molar-refractivity contribution in [1.82, 2.24) is 0 Å². The lowest BCUT2D eigenvalue weighted by atomic mass is 9.88. The van der Waals surface area contributed by atoms with Gasteiger partial charge in [-0.3, -0.25) is 9.59 Å². The number of alkyl halides is 3. The molecule has 0 spiro atoms. The molecule has 7 heteroatoms. The van der Waals surface area contributed by atoms with Crippen molar-refractivity contribution in [3.63, 3.8) is 0 Å². The number of hydrogen-bond donors (Lipinski definition) is 1. The Morgan fingerprint density at radius 3 is 2.15 bits per heavy atom. The molecule has 0 radical (unpaired) electrons. The van der Waals surface area contributed by atoms with Crippen molar-refractivity contribution in [3.8, 4) is 0 Å². The molecule has 0 saturated carbocycles. The van der Waals surface area contributed by atoms with Crippen LogP contribution in [0, 0.1) is 17.7 Å². The van der Waals surface area contributed by atoms with Crippen LogP contribution in [0.4, 0.5) is 17.6 Å². The van der Waals surface area contributed by atoms with E-state index < -0.39 is 41.1 Å². The highest BCUT2D eigenvalue weighted by Crippen LogP contribution is 2.32. The fourth-order valence-electron chi connectivity index (χ4n) is 1.60. The second kappa shape index (κ2) is 5.60. The number of benzene rings is 1. The summed E-state index contributed by atoms with van der Waals surface area (Å²) in [7, 11) is 0. The van der Waals surface area contributed by atoms with Crippen LogP contribution >= 0.6 is 0 Å². The summed E-state index contributed by atoms with van der Waals surface area (Å²) in [6, 6.07) is 1.87. The predicted molar refractivity (Wildman–Crippen MR) is 61.7 cm³/mol. The first kappa shape index (κ1) is 16.1.